The summed E-state index contributed by atoms with van der Waals surface area (Å²) in [5.74, 6) is -1.74. The Morgan fingerprint density at radius 1 is 1.20 bits per heavy atom. The molecular formula is C15H11N3O6S. The first-order chi connectivity index (χ1) is 11.8. The van der Waals surface area contributed by atoms with Crippen LogP contribution in [0, 0.1) is 0 Å². The summed E-state index contributed by atoms with van der Waals surface area (Å²) in [5, 5.41) is 12.4. The van der Waals surface area contributed by atoms with E-state index in [1.807, 2.05) is 4.83 Å². The molecule has 10 heteroatoms. The molecule has 0 spiro atoms. The first-order valence-corrected chi connectivity index (χ1v) is 8.34. The van der Waals surface area contributed by atoms with Crippen LogP contribution in [0.2, 0.25) is 0 Å². The Bertz CT molecular complexity index is 1130. The van der Waals surface area contributed by atoms with E-state index < -0.39 is 21.7 Å². The van der Waals surface area contributed by atoms with E-state index >= 15 is 0 Å². The molecule has 0 fully saturated rings. The normalized spacial score (nSPS) is 11.8. The number of carboxylic acid groups (broad SMARTS) is 1. The maximum absolute atomic E-state index is 12.2. The molecule has 0 saturated heterocycles. The van der Waals surface area contributed by atoms with Crippen LogP contribution < -0.4 is 10.6 Å². The number of benzene rings is 2. The van der Waals surface area contributed by atoms with Crippen molar-refractivity contribution < 1.29 is 22.7 Å². The fraction of sp³-hybridized carbons (Fsp3) is 0. The number of nitrogens with zero attached hydrogens (tertiary/aromatic N) is 1. The number of aromatic amines is 1. The average molecular weight is 361 g/mol. The molecule has 3 rings (SSSR count). The molecule has 3 aromatic rings. The zero-order chi connectivity index (χ0) is 18.0. The molecule has 2 aromatic carbocycles. The van der Waals surface area contributed by atoms with Crippen LogP contribution in [-0.4, -0.2) is 30.7 Å². The molecule has 0 aliphatic carbocycles. The highest BCUT2D eigenvalue weighted by Gasteiger charge is 2.15. The lowest BCUT2D eigenvalue weighted by molar-refractivity contribution is 0.0697. The van der Waals surface area contributed by atoms with E-state index in [0.29, 0.717) is 11.1 Å². The zero-order valence-corrected chi connectivity index (χ0v) is 13.3. The summed E-state index contributed by atoms with van der Waals surface area (Å²) in [6, 6.07) is 9.63. The van der Waals surface area contributed by atoms with E-state index in [4.69, 9.17) is 9.52 Å². The van der Waals surface area contributed by atoms with Gasteiger partial charge in [0.15, 0.2) is 5.58 Å². The third kappa shape index (κ3) is 3.58. The van der Waals surface area contributed by atoms with Crippen LogP contribution in [0.3, 0.4) is 0 Å². The van der Waals surface area contributed by atoms with Crippen molar-refractivity contribution in [3.8, 4) is 0 Å². The van der Waals surface area contributed by atoms with E-state index in [1.54, 1.807) is 0 Å². The van der Waals surface area contributed by atoms with Crippen LogP contribution in [0.15, 0.2) is 61.7 Å². The predicted molar refractivity (Wildman–Crippen MR) is 88.2 cm³/mol. The van der Waals surface area contributed by atoms with E-state index in [0.717, 1.165) is 0 Å². The summed E-state index contributed by atoms with van der Waals surface area (Å²) < 4.78 is 29.2. The quantitative estimate of drug-likeness (QED) is 0.459. The predicted octanol–water partition coefficient (Wildman–Crippen LogP) is 1.13. The second-order valence-corrected chi connectivity index (χ2v) is 6.61. The van der Waals surface area contributed by atoms with Crippen LogP contribution in [-0.2, 0) is 10.0 Å². The van der Waals surface area contributed by atoms with Gasteiger partial charge in [-0.15, -0.1) is 0 Å². The molecule has 0 unspecified atom stereocenters. The van der Waals surface area contributed by atoms with Crippen molar-refractivity contribution in [3.05, 3.63) is 64.1 Å². The molecule has 0 saturated carbocycles. The number of oxazole rings is 1. The van der Waals surface area contributed by atoms with Crippen molar-refractivity contribution in [2.24, 2.45) is 5.10 Å². The third-order valence-electron chi connectivity index (χ3n) is 3.25. The van der Waals surface area contributed by atoms with Crippen molar-refractivity contribution in [2.75, 3.05) is 0 Å². The largest absolute Gasteiger partial charge is 0.478 e. The lowest BCUT2D eigenvalue weighted by atomic mass is 10.1. The second-order valence-electron chi connectivity index (χ2n) is 4.95. The van der Waals surface area contributed by atoms with Crippen LogP contribution in [0.5, 0.6) is 0 Å². The number of aromatic nitrogens is 1. The molecule has 3 N–H and O–H groups in total. The summed E-state index contributed by atoms with van der Waals surface area (Å²) in [5.41, 5.74) is 1.12. The summed E-state index contributed by atoms with van der Waals surface area (Å²) in [6.07, 6.45) is 1.23. The fourth-order valence-corrected chi connectivity index (χ4v) is 2.83. The Kier molecular flexibility index (Phi) is 4.11. The monoisotopic (exact) mass is 361 g/mol. The van der Waals surface area contributed by atoms with Crippen molar-refractivity contribution in [1.29, 1.82) is 0 Å². The van der Waals surface area contributed by atoms with E-state index in [2.05, 4.69) is 10.1 Å². The topological polar surface area (TPSA) is 142 Å². The molecule has 1 aromatic heterocycles. The molecule has 128 valence electrons. The number of hydrogen-bond donors (Lipinski definition) is 3. The molecule has 0 aliphatic heterocycles. The van der Waals surface area contributed by atoms with Crippen LogP contribution in [0.4, 0.5) is 0 Å². The van der Waals surface area contributed by atoms with Gasteiger partial charge in [0.2, 0.25) is 0 Å². The van der Waals surface area contributed by atoms with E-state index in [1.165, 1.54) is 48.7 Å². The molecule has 0 atom stereocenters. The molecule has 0 bridgehead atoms. The Labute approximate surface area is 140 Å². The highest BCUT2D eigenvalue weighted by molar-refractivity contribution is 7.89. The van der Waals surface area contributed by atoms with Crippen LogP contribution >= 0.6 is 0 Å². The number of H-pyrrole nitrogens is 1. The molecule has 9 nitrogen and oxygen atoms in total. The lowest BCUT2D eigenvalue weighted by Crippen LogP contribution is -2.18. The Balaban J connectivity index is 1.78. The van der Waals surface area contributed by atoms with Gasteiger partial charge in [0, 0.05) is 6.07 Å². The number of carboxylic acids is 1. The zero-order valence-electron chi connectivity index (χ0n) is 12.5. The minimum atomic E-state index is -3.95. The van der Waals surface area contributed by atoms with Gasteiger partial charge in [-0.05, 0) is 29.8 Å². The van der Waals surface area contributed by atoms with Crippen molar-refractivity contribution in [1.82, 2.24) is 9.82 Å². The van der Waals surface area contributed by atoms with Gasteiger partial charge in [0.25, 0.3) is 10.0 Å². The highest BCUT2D eigenvalue weighted by atomic mass is 32.2. The number of fused-ring (bicyclic) bond motifs is 1. The van der Waals surface area contributed by atoms with Crippen LogP contribution in [0.1, 0.15) is 15.9 Å². The standard InChI is InChI=1S/C15H11N3O6S/c19-14(20)10-3-1-9(2-4-10)8-16-18-25(22,23)11-5-6-12-13(7-11)24-15(21)17-12/h1-8,18H,(H,17,21)(H,19,20)/b16-8+. The number of hydrogen-bond acceptors (Lipinski definition) is 6. The Morgan fingerprint density at radius 3 is 2.60 bits per heavy atom. The average Bonchev–Trinajstić information content (AvgIpc) is 2.94. The van der Waals surface area contributed by atoms with Crippen molar-refractivity contribution in [3.63, 3.8) is 0 Å². The minimum Gasteiger partial charge on any atom is -0.478 e. The number of carbonyl (C=O) groups is 1. The van der Waals surface area contributed by atoms with Gasteiger partial charge >= 0.3 is 11.7 Å². The number of aromatic carboxylic acids is 1. The minimum absolute atomic E-state index is 0.110. The fourth-order valence-electron chi connectivity index (χ4n) is 2.03. The van der Waals surface area contributed by atoms with Gasteiger partial charge in [-0.25, -0.2) is 14.4 Å². The maximum atomic E-state index is 12.2. The summed E-state index contributed by atoms with van der Waals surface area (Å²) in [7, 11) is -3.95. The molecule has 25 heavy (non-hydrogen) atoms. The van der Waals surface area contributed by atoms with Crippen molar-refractivity contribution >= 4 is 33.3 Å². The van der Waals surface area contributed by atoms with E-state index in [9.17, 15) is 18.0 Å². The third-order valence-corrected chi connectivity index (χ3v) is 4.47. The number of nitrogens with one attached hydrogen (secondary N) is 2. The Hall–Kier alpha value is -3.40. The van der Waals surface area contributed by atoms with Gasteiger partial charge in [-0.3, -0.25) is 4.98 Å². The molecule has 0 amide bonds. The summed E-state index contributed by atoms with van der Waals surface area (Å²) in [4.78, 5) is 26.2. The van der Waals surface area contributed by atoms with Crippen LogP contribution in [0.25, 0.3) is 11.1 Å². The number of hydrazone groups is 1. The maximum Gasteiger partial charge on any atom is 0.417 e. The second kappa shape index (κ2) is 6.24. The number of sulfonamides is 1. The van der Waals surface area contributed by atoms with Gasteiger partial charge in [0.05, 0.1) is 22.2 Å². The first-order valence-electron chi connectivity index (χ1n) is 6.86. The molecule has 0 radical (unpaired) electrons. The van der Waals surface area contributed by atoms with Gasteiger partial charge in [-0.1, -0.05) is 12.1 Å². The van der Waals surface area contributed by atoms with Crippen molar-refractivity contribution in [2.45, 2.75) is 4.90 Å². The highest BCUT2D eigenvalue weighted by Crippen LogP contribution is 2.16. The van der Waals surface area contributed by atoms with Gasteiger partial charge < -0.3 is 9.52 Å². The SMILES string of the molecule is O=C(O)c1ccc(/C=N/NS(=O)(=O)c2ccc3[nH]c(=O)oc3c2)cc1. The van der Waals surface area contributed by atoms with E-state index in [-0.39, 0.29) is 16.0 Å². The summed E-state index contributed by atoms with van der Waals surface area (Å²) >= 11 is 0. The summed E-state index contributed by atoms with van der Waals surface area (Å²) in [6.45, 7) is 0. The lowest BCUT2D eigenvalue weighted by Gasteiger charge is -2.03. The van der Waals surface area contributed by atoms with Gasteiger partial charge in [-0.2, -0.15) is 13.5 Å². The Morgan fingerprint density at radius 2 is 1.92 bits per heavy atom. The first kappa shape index (κ1) is 16.5. The smallest absolute Gasteiger partial charge is 0.417 e. The molecular weight excluding hydrogens is 350 g/mol. The molecule has 1 heterocycles. The molecule has 0 aliphatic rings. The van der Waals surface area contributed by atoms with Gasteiger partial charge in [0.1, 0.15) is 0 Å². The number of rotatable bonds is 5.